The maximum absolute atomic E-state index is 13.3. The number of carboxylic acids is 1. The van der Waals surface area contributed by atoms with Crippen LogP contribution in [0.2, 0.25) is 0 Å². The number of piperidine rings is 1. The Morgan fingerprint density at radius 1 is 1.03 bits per heavy atom. The predicted molar refractivity (Wildman–Crippen MR) is 111 cm³/mol. The van der Waals surface area contributed by atoms with Gasteiger partial charge in [-0.1, -0.05) is 43.3 Å². The van der Waals surface area contributed by atoms with Crippen LogP contribution in [0.15, 0.2) is 42.5 Å². The lowest BCUT2D eigenvalue weighted by Gasteiger charge is -2.29. The van der Waals surface area contributed by atoms with Crippen LogP contribution in [0.4, 0.5) is 5.69 Å². The second-order valence-corrected chi connectivity index (χ2v) is 7.34. The molecule has 6 heteroatoms. The summed E-state index contributed by atoms with van der Waals surface area (Å²) in [6.45, 7) is 3.10. The number of aromatic carboxylic acids is 1. The molecule has 0 bridgehead atoms. The van der Waals surface area contributed by atoms with Gasteiger partial charge in [-0.2, -0.15) is 0 Å². The zero-order chi connectivity index (χ0) is 21.0. The SMILES string of the molecule is CCC(C(=O)c1ccccc1)c1ccc(C(=O)O)c(N)c1C(=O)N1CCCCC1. The average Bonchev–Trinajstić information content (AvgIpc) is 2.75. The highest BCUT2D eigenvalue weighted by molar-refractivity contribution is 6.09. The lowest BCUT2D eigenvalue weighted by atomic mass is 9.84. The van der Waals surface area contributed by atoms with Gasteiger partial charge in [0.05, 0.1) is 16.8 Å². The minimum absolute atomic E-state index is 0.0649. The first-order valence-electron chi connectivity index (χ1n) is 9.99. The number of anilines is 1. The van der Waals surface area contributed by atoms with Gasteiger partial charge < -0.3 is 15.7 Å². The molecule has 1 heterocycles. The summed E-state index contributed by atoms with van der Waals surface area (Å²) in [6, 6.07) is 11.9. The van der Waals surface area contributed by atoms with Gasteiger partial charge in [0, 0.05) is 24.6 Å². The maximum Gasteiger partial charge on any atom is 0.337 e. The summed E-state index contributed by atoms with van der Waals surface area (Å²) < 4.78 is 0. The molecule has 3 rings (SSSR count). The molecule has 2 aromatic rings. The number of nitrogen functional groups attached to an aromatic ring is 1. The third-order valence-electron chi connectivity index (χ3n) is 5.52. The number of hydrogen-bond donors (Lipinski definition) is 2. The lowest BCUT2D eigenvalue weighted by Crippen LogP contribution is -2.37. The van der Waals surface area contributed by atoms with E-state index in [0.29, 0.717) is 30.6 Å². The molecule has 6 nitrogen and oxygen atoms in total. The van der Waals surface area contributed by atoms with Gasteiger partial charge in [-0.3, -0.25) is 9.59 Å². The first kappa shape index (κ1) is 20.6. The quantitative estimate of drug-likeness (QED) is 0.570. The molecule has 3 N–H and O–H groups in total. The zero-order valence-corrected chi connectivity index (χ0v) is 16.6. The topological polar surface area (TPSA) is 101 Å². The first-order valence-corrected chi connectivity index (χ1v) is 9.99. The Bertz CT molecular complexity index is 918. The van der Waals surface area contributed by atoms with Crippen molar-refractivity contribution < 1.29 is 19.5 Å². The summed E-state index contributed by atoms with van der Waals surface area (Å²) in [5.74, 6) is -2.17. The molecule has 1 atom stereocenters. The van der Waals surface area contributed by atoms with Gasteiger partial charge in [0.2, 0.25) is 0 Å². The molecule has 1 unspecified atom stereocenters. The van der Waals surface area contributed by atoms with Crippen molar-refractivity contribution in [3.05, 3.63) is 64.7 Å². The van der Waals surface area contributed by atoms with Crippen LogP contribution in [0.1, 0.15) is 75.2 Å². The van der Waals surface area contributed by atoms with Crippen molar-refractivity contribution >= 4 is 23.3 Å². The van der Waals surface area contributed by atoms with Gasteiger partial charge in [-0.05, 0) is 37.3 Å². The maximum atomic E-state index is 13.3. The Hall–Kier alpha value is -3.15. The number of benzene rings is 2. The van der Waals surface area contributed by atoms with Crippen molar-refractivity contribution in [3.63, 3.8) is 0 Å². The van der Waals surface area contributed by atoms with Gasteiger partial charge in [0.15, 0.2) is 5.78 Å². The van der Waals surface area contributed by atoms with E-state index < -0.39 is 11.9 Å². The van der Waals surface area contributed by atoms with Gasteiger partial charge in [-0.15, -0.1) is 0 Å². The number of rotatable bonds is 6. The fourth-order valence-electron chi connectivity index (χ4n) is 3.96. The summed E-state index contributed by atoms with van der Waals surface area (Å²) in [6.07, 6.45) is 3.34. The fourth-order valence-corrected chi connectivity index (χ4v) is 3.96. The van der Waals surface area contributed by atoms with E-state index in [4.69, 9.17) is 5.73 Å². The number of carbonyl (C=O) groups excluding carboxylic acids is 2. The van der Waals surface area contributed by atoms with E-state index in [2.05, 4.69) is 0 Å². The Morgan fingerprint density at radius 3 is 2.28 bits per heavy atom. The van der Waals surface area contributed by atoms with Crippen LogP contribution in [-0.2, 0) is 0 Å². The Labute approximate surface area is 170 Å². The van der Waals surface area contributed by atoms with E-state index in [9.17, 15) is 19.5 Å². The van der Waals surface area contributed by atoms with Gasteiger partial charge in [0.25, 0.3) is 5.91 Å². The van der Waals surface area contributed by atoms with Crippen LogP contribution in [0, 0.1) is 0 Å². The normalized spacial score (nSPS) is 15.0. The summed E-state index contributed by atoms with van der Waals surface area (Å²) >= 11 is 0. The van der Waals surface area contributed by atoms with E-state index in [0.717, 1.165) is 19.3 Å². The summed E-state index contributed by atoms with van der Waals surface area (Å²) in [7, 11) is 0. The van der Waals surface area contributed by atoms with E-state index >= 15 is 0 Å². The second kappa shape index (κ2) is 8.90. The number of amides is 1. The third-order valence-corrected chi connectivity index (χ3v) is 5.52. The molecular formula is C23H26N2O4. The highest BCUT2D eigenvalue weighted by atomic mass is 16.4. The van der Waals surface area contributed by atoms with Crippen LogP contribution < -0.4 is 5.73 Å². The number of likely N-dealkylation sites (tertiary alicyclic amines) is 1. The van der Waals surface area contributed by atoms with Crippen molar-refractivity contribution in [2.45, 2.75) is 38.5 Å². The minimum atomic E-state index is -1.19. The number of carboxylic acid groups (broad SMARTS) is 1. The van der Waals surface area contributed by atoms with Crippen LogP contribution in [0.5, 0.6) is 0 Å². The molecule has 152 valence electrons. The van der Waals surface area contributed by atoms with Gasteiger partial charge in [0.1, 0.15) is 0 Å². The number of nitrogens with zero attached hydrogens (tertiary/aromatic N) is 1. The van der Waals surface area contributed by atoms with E-state index in [1.807, 2.05) is 13.0 Å². The number of ketones is 1. The number of hydrogen-bond acceptors (Lipinski definition) is 4. The van der Waals surface area contributed by atoms with Crippen LogP contribution in [0.3, 0.4) is 0 Å². The molecule has 1 fully saturated rings. The molecule has 0 aromatic heterocycles. The molecule has 0 radical (unpaired) electrons. The van der Waals surface area contributed by atoms with Crippen LogP contribution in [0.25, 0.3) is 0 Å². The van der Waals surface area contributed by atoms with E-state index in [-0.39, 0.29) is 28.5 Å². The molecule has 0 saturated carbocycles. The van der Waals surface area contributed by atoms with Crippen molar-refractivity contribution in [2.24, 2.45) is 0 Å². The standard InChI is InChI=1S/C23H26N2O4/c1-2-16(21(26)15-9-5-3-6-10-15)17-11-12-18(23(28)29)20(24)19(17)22(27)25-13-7-4-8-14-25/h3,5-6,9-12,16H,2,4,7-8,13-14,24H2,1H3,(H,28,29). The number of Topliss-reactive ketones (excluding diaryl/α,β-unsaturated/α-hetero) is 1. The van der Waals surface area contributed by atoms with Crippen molar-refractivity contribution in [1.82, 2.24) is 4.90 Å². The molecule has 1 aliphatic heterocycles. The fraction of sp³-hybridized carbons (Fsp3) is 0.348. The predicted octanol–water partition coefficient (Wildman–Crippen LogP) is 3.97. The number of nitrogens with two attached hydrogens (primary N) is 1. The van der Waals surface area contributed by atoms with Gasteiger partial charge >= 0.3 is 5.97 Å². The minimum Gasteiger partial charge on any atom is -0.478 e. The highest BCUT2D eigenvalue weighted by Crippen LogP contribution is 2.33. The Balaban J connectivity index is 2.11. The van der Waals surface area contributed by atoms with Crippen LogP contribution >= 0.6 is 0 Å². The molecule has 29 heavy (non-hydrogen) atoms. The largest absolute Gasteiger partial charge is 0.478 e. The highest BCUT2D eigenvalue weighted by Gasteiger charge is 2.31. The van der Waals surface area contributed by atoms with Crippen molar-refractivity contribution in [2.75, 3.05) is 18.8 Å². The summed E-state index contributed by atoms with van der Waals surface area (Å²) in [5, 5.41) is 9.48. The van der Waals surface area contributed by atoms with Crippen molar-refractivity contribution in [3.8, 4) is 0 Å². The molecule has 1 aliphatic rings. The number of carbonyl (C=O) groups is 3. The van der Waals surface area contributed by atoms with E-state index in [1.54, 1.807) is 35.2 Å². The molecule has 0 spiro atoms. The van der Waals surface area contributed by atoms with E-state index in [1.165, 1.54) is 6.07 Å². The average molecular weight is 394 g/mol. The third kappa shape index (κ3) is 4.16. The summed E-state index contributed by atoms with van der Waals surface area (Å²) in [4.78, 5) is 39.8. The lowest BCUT2D eigenvalue weighted by molar-refractivity contribution is 0.0698. The van der Waals surface area contributed by atoms with Crippen LogP contribution in [-0.4, -0.2) is 40.8 Å². The first-order chi connectivity index (χ1) is 14.0. The monoisotopic (exact) mass is 394 g/mol. The molecule has 1 amide bonds. The Morgan fingerprint density at radius 2 is 1.69 bits per heavy atom. The summed E-state index contributed by atoms with van der Waals surface area (Å²) in [5.41, 5.74) is 7.21. The van der Waals surface area contributed by atoms with Gasteiger partial charge in [-0.25, -0.2) is 4.79 Å². The smallest absolute Gasteiger partial charge is 0.337 e. The van der Waals surface area contributed by atoms with Crippen molar-refractivity contribution in [1.29, 1.82) is 0 Å². The zero-order valence-electron chi connectivity index (χ0n) is 16.6. The molecule has 0 aliphatic carbocycles. The Kier molecular flexibility index (Phi) is 6.32. The molecule has 1 saturated heterocycles. The molecular weight excluding hydrogens is 368 g/mol. The second-order valence-electron chi connectivity index (χ2n) is 7.34. The molecule has 2 aromatic carbocycles.